The summed E-state index contributed by atoms with van der Waals surface area (Å²) in [6.45, 7) is 0.347. The summed E-state index contributed by atoms with van der Waals surface area (Å²) in [4.78, 5) is 14.9. The maximum atomic E-state index is 14.0. The molecule has 0 atom stereocenters. The first-order valence-electron chi connectivity index (χ1n) is 5.42. The van der Waals surface area contributed by atoms with Crippen LogP contribution in [0.15, 0.2) is 29.0 Å². The molecule has 2 N–H and O–H groups in total. The number of aromatic carboxylic acids is 1. The lowest BCUT2D eigenvalue weighted by atomic mass is 10.2. The molecule has 2 rings (SSSR count). The Kier molecular flexibility index (Phi) is 3.84. The Morgan fingerprint density at radius 1 is 1.58 bits per heavy atom. The third-order valence-electron chi connectivity index (χ3n) is 2.67. The summed E-state index contributed by atoms with van der Waals surface area (Å²) < 4.78 is 15.7. The Morgan fingerprint density at radius 2 is 2.32 bits per heavy atom. The van der Waals surface area contributed by atoms with Crippen LogP contribution < -0.4 is 5.32 Å². The van der Waals surface area contributed by atoms with E-state index in [1.807, 2.05) is 11.6 Å². The van der Waals surface area contributed by atoms with E-state index < -0.39 is 11.8 Å². The zero-order valence-electron chi connectivity index (χ0n) is 10.0. The Morgan fingerprint density at radius 3 is 2.89 bits per heavy atom. The van der Waals surface area contributed by atoms with Crippen LogP contribution in [-0.2, 0) is 13.6 Å². The van der Waals surface area contributed by atoms with Gasteiger partial charge in [0.05, 0.1) is 22.3 Å². The van der Waals surface area contributed by atoms with Gasteiger partial charge in [0.15, 0.2) is 5.82 Å². The van der Waals surface area contributed by atoms with Gasteiger partial charge in [0.1, 0.15) is 5.82 Å². The van der Waals surface area contributed by atoms with Crippen LogP contribution >= 0.6 is 15.9 Å². The number of hydrogen-bond donors (Lipinski definition) is 2. The van der Waals surface area contributed by atoms with Gasteiger partial charge in [-0.05, 0) is 28.1 Å². The van der Waals surface area contributed by atoms with Gasteiger partial charge in [-0.15, -0.1) is 0 Å². The van der Waals surface area contributed by atoms with Crippen molar-refractivity contribution in [1.82, 2.24) is 9.55 Å². The summed E-state index contributed by atoms with van der Waals surface area (Å²) in [5.41, 5.74) is 0.111. The number of nitrogens with one attached hydrogen (secondary N) is 1. The second kappa shape index (κ2) is 5.40. The predicted octanol–water partition coefficient (Wildman–Crippen LogP) is 2.63. The number of hydrogen-bond acceptors (Lipinski definition) is 3. The van der Waals surface area contributed by atoms with Crippen molar-refractivity contribution >= 4 is 27.6 Å². The molecule has 0 spiro atoms. The molecule has 0 aliphatic carbocycles. The van der Waals surface area contributed by atoms with Crippen LogP contribution in [0.4, 0.5) is 10.1 Å². The molecule has 19 heavy (non-hydrogen) atoms. The summed E-state index contributed by atoms with van der Waals surface area (Å²) >= 11 is 2.95. The van der Waals surface area contributed by atoms with Gasteiger partial charge in [0.2, 0.25) is 0 Å². The number of carboxylic acid groups (broad SMARTS) is 1. The number of imidazole rings is 1. The average molecular weight is 328 g/mol. The van der Waals surface area contributed by atoms with E-state index in [2.05, 4.69) is 26.2 Å². The molecule has 0 saturated heterocycles. The summed E-state index contributed by atoms with van der Waals surface area (Å²) in [6.07, 6.45) is 3.44. The zero-order chi connectivity index (χ0) is 14.0. The van der Waals surface area contributed by atoms with Gasteiger partial charge in [-0.3, -0.25) is 0 Å². The second-order valence-corrected chi connectivity index (χ2v) is 4.69. The minimum atomic E-state index is -1.18. The van der Waals surface area contributed by atoms with Crippen molar-refractivity contribution in [3.05, 3.63) is 46.2 Å². The normalized spacial score (nSPS) is 10.5. The summed E-state index contributed by atoms with van der Waals surface area (Å²) in [6, 6.07) is 2.74. The van der Waals surface area contributed by atoms with E-state index in [0.29, 0.717) is 6.54 Å². The molecule has 0 saturated carbocycles. The van der Waals surface area contributed by atoms with E-state index in [-0.39, 0.29) is 15.7 Å². The van der Waals surface area contributed by atoms with Crippen molar-refractivity contribution in [2.75, 3.05) is 5.32 Å². The number of carboxylic acids is 1. The highest BCUT2D eigenvalue weighted by Crippen LogP contribution is 2.27. The number of aryl methyl sites for hydroxylation is 1. The highest BCUT2D eigenvalue weighted by molar-refractivity contribution is 9.10. The largest absolute Gasteiger partial charge is 0.478 e. The van der Waals surface area contributed by atoms with Crippen LogP contribution in [0.5, 0.6) is 0 Å². The molecule has 2 aromatic rings. The highest BCUT2D eigenvalue weighted by Gasteiger charge is 2.15. The molecule has 0 aliphatic heterocycles. The van der Waals surface area contributed by atoms with Crippen LogP contribution in [0.25, 0.3) is 0 Å². The number of benzene rings is 1. The van der Waals surface area contributed by atoms with Gasteiger partial charge in [-0.2, -0.15) is 0 Å². The molecule has 0 aliphatic rings. The fraction of sp³-hybridized carbons (Fsp3) is 0.167. The van der Waals surface area contributed by atoms with Gasteiger partial charge in [0, 0.05) is 19.4 Å². The first-order valence-corrected chi connectivity index (χ1v) is 6.21. The minimum absolute atomic E-state index is 0.0650. The minimum Gasteiger partial charge on any atom is -0.478 e. The number of carbonyl (C=O) groups is 1. The molecule has 0 amide bonds. The lowest BCUT2D eigenvalue weighted by Gasteiger charge is -2.10. The monoisotopic (exact) mass is 327 g/mol. The van der Waals surface area contributed by atoms with Crippen molar-refractivity contribution in [1.29, 1.82) is 0 Å². The molecular weight excluding hydrogens is 317 g/mol. The zero-order valence-corrected chi connectivity index (χ0v) is 11.6. The van der Waals surface area contributed by atoms with Crippen molar-refractivity contribution in [2.24, 2.45) is 7.05 Å². The molecule has 0 unspecified atom stereocenters. The number of aromatic nitrogens is 2. The summed E-state index contributed by atoms with van der Waals surface area (Å²) in [5.74, 6) is -1.06. The SMILES string of the molecule is Cn1ccnc1CNc1ccc(C(=O)O)c(Br)c1F. The molecule has 100 valence electrons. The average Bonchev–Trinajstić information content (AvgIpc) is 2.76. The number of halogens is 2. The molecule has 1 heterocycles. The third-order valence-corrected chi connectivity index (χ3v) is 3.45. The van der Waals surface area contributed by atoms with E-state index in [0.717, 1.165) is 5.82 Å². The Labute approximate surface area is 117 Å². The van der Waals surface area contributed by atoms with Crippen molar-refractivity contribution in [2.45, 2.75) is 6.54 Å². The molecule has 1 aromatic heterocycles. The van der Waals surface area contributed by atoms with Crippen molar-refractivity contribution in [3.8, 4) is 0 Å². The van der Waals surface area contributed by atoms with Gasteiger partial charge in [-0.1, -0.05) is 0 Å². The quantitative estimate of drug-likeness (QED) is 0.905. The van der Waals surface area contributed by atoms with Crippen molar-refractivity contribution in [3.63, 3.8) is 0 Å². The number of anilines is 1. The lowest BCUT2D eigenvalue weighted by Crippen LogP contribution is -2.08. The van der Waals surface area contributed by atoms with Crippen LogP contribution in [-0.4, -0.2) is 20.6 Å². The second-order valence-electron chi connectivity index (χ2n) is 3.90. The van der Waals surface area contributed by atoms with E-state index in [1.54, 1.807) is 12.4 Å². The molecule has 0 fully saturated rings. The molecule has 5 nitrogen and oxygen atoms in total. The molecule has 0 radical (unpaired) electrons. The van der Waals surface area contributed by atoms with Gasteiger partial charge in [0.25, 0.3) is 0 Å². The first-order chi connectivity index (χ1) is 9.00. The smallest absolute Gasteiger partial charge is 0.336 e. The molecular formula is C12H11BrFN3O2. The summed E-state index contributed by atoms with van der Waals surface area (Å²) in [5, 5.41) is 11.7. The van der Waals surface area contributed by atoms with E-state index >= 15 is 0 Å². The topological polar surface area (TPSA) is 67.2 Å². The van der Waals surface area contributed by atoms with Gasteiger partial charge < -0.3 is 15.0 Å². The maximum absolute atomic E-state index is 14.0. The van der Waals surface area contributed by atoms with Gasteiger partial charge >= 0.3 is 5.97 Å². The highest BCUT2D eigenvalue weighted by atomic mass is 79.9. The van der Waals surface area contributed by atoms with Gasteiger partial charge in [-0.25, -0.2) is 14.2 Å². The molecule has 0 bridgehead atoms. The summed E-state index contributed by atoms with van der Waals surface area (Å²) in [7, 11) is 1.84. The predicted molar refractivity (Wildman–Crippen MR) is 71.6 cm³/mol. The lowest BCUT2D eigenvalue weighted by molar-refractivity contribution is 0.0695. The van der Waals surface area contributed by atoms with E-state index in [4.69, 9.17) is 5.11 Å². The van der Waals surface area contributed by atoms with Crippen molar-refractivity contribution < 1.29 is 14.3 Å². The maximum Gasteiger partial charge on any atom is 0.336 e. The standard InChI is InChI=1S/C12H11BrFN3O2/c1-17-5-4-15-9(17)6-16-8-3-2-7(12(18)19)10(13)11(8)14/h2-5,16H,6H2,1H3,(H,18,19). The Balaban J connectivity index is 2.20. The van der Waals surface area contributed by atoms with Crippen LogP contribution in [0, 0.1) is 5.82 Å². The van der Waals surface area contributed by atoms with Crippen LogP contribution in [0.3, 0.4) is 0 Å². The number of nitrogens with zero attached hydrogens (tertiary/aromatic N) is 2. The molecule has 1 aromatic carbocycles. The fourth-order valence-corrected chi connectivity index (χ4v) is 2.11. The Hall–Kier alpha value is -1.89. The third kappa shape index (κ3) is 2.76. The van der Waals surface area contributed by atoms with E-state index in [1.165, 1.54) is 12.1 Å². The first kappa shape index (κ1) is 13.5. The van der Waals surface area contributed by atoms with Crippen LogP contribution in [0.2, 0.25) is 0 Å². The Bertz CT molecular complexity index is 627. The number of rotatable bonds is 4. The van der Waals surface area contributed by atoms with E-state index in [9.17, 15) is 9.18 Å². The molecule has 7 heteroatoms. The fourth-order valence-electron chi connectivity index (χ4n) is 1.59. The van der Waals surface area contributed by atoms with Crippen LogP contribution in [0.1, 0.15) is 16.2 Å².